The van der Waals surface area contributed by atoms with E-state index in [1.807, 2.05) is 20.8 Å². The third kappa shape index (κ3) is 5.39. The molecule has 1 amide bonds. The maximum Gasteiger partial charge on any atom is 0.238 e. The number of hydrogen-bond acceptors (Lipinski definition) is 6. The summed E-state index contributed by atoms with van der Waals surface area (Å²) in [4.78, 5) is 29.0. The Bertz CT molecular complexity index is 1300. The summed E-state index contributed by atoms with van der Waals surface area (Å²) in [5.41, 5.74) is 0.192. The summed E-state index contributed by atoms with van der Waals surface area (Å²) >= 11 is 0. The van der Waals surface area contributed by atoms with Gasteiger partial charge >= 0.3 is 0 Å². The molecule has 1 unspecified atom stereocenters. The number of amides is 1. The molecule has 0 bridgehead atoms. The molecule has 0 radical (unpaired) electrons. The van der Waals surface area contributed by atoms with Gasteiger partial charge in [0.2, 0.25) is 25.8 Å². The van der Waals surface area contributed by atoms with E-state index in [4.69, 9.17) is 0 Å². The van der Waals surface area contributed by atoms with E-state index in [9.17, 15) is 26.4 Å². The van der Waals surface area contributed by atoms with Crippen LogP contribution in [0.2, 0.25) is 0 Å². The summed E-state index contributed by atoms with van der Waals surface area (Å²) in [5.74, 6) is -1.89. The SMILES string of the molecule is CN(Cc1cccc2c1S(=O)(=O)C=C2C1C(=O)[C@H](C(C)(C)C)N(CCC(C)(C)C)C1=O)S(C)(=O)=O. The molecule has 0 spiro atoms. The van der Waals surface area contributed by atoms with Crippen LogP contribution in [0.1, 0.15) is 59.1 Å². The van der Waals surface area contributed by atoms with Crippen LogP contribution in [0.4, 0.5) is 0 Å². The van der Waals surface area contributed by atoms with E-state index < -0.39 is 37.2 Å². The first-order chi connectivity index (χ1) is 15.8. The number of carbonyl (C=O) groups is 2. The van der Waals surface area contributed by atoms with Gasteiger partial charge in [-0.3, -0.25) is 9.59 Å². The van der Waals surface area contributed by atoms with Crippen LogP contribution < -0.4 is 0 Å². The number of sulfonamides is 1. The lowest BCUT2D eigenvalue weighted by Crippen LogP contribution is -2.45. The molecule has 2 atom stereocenters. The summed E-state index contributed by atoms with van der Waals surface area (Å²) in [7, 11) is -6.15. The number of carbonyl (C=O) groups excluding carboxylic acids is 2. The van der Waals surface area contributed by atoms with Gasteiger partial charge in [-0.25, -0.2) is 21.1 Å². The van der Waals surface area contributed by atoms with E-state index in [0.29, 0.717) is 24.1 Å². The van der Waals surface area contributed by atoms with Crippen LogP contribution in [0.15, 0.2) is 28.5 Å². The van der Waals surface area contributed by atoms with E-state index in [1.165, 1.54) is 7.05 Å². The molecule has 0 saturated carbocycles. The minimum absolute atomic E-state index is 0.0356. The Labute approximate surface area is 209 Å². The summed E-state index contributed by atoms with van der Waals surface area (Å²) in [5, 5.41) is 1.02. The number of hydrogen-bond donors (Lipinski definition) is 0. The quantitative estimate of drug-likeness (QED) is 0.529. The Morgan fingerprint density at radius 3 is 2.17 bits per heavy atom. The van der Waals surface area contributed by atoms with Crippen LogP contribution in [0.25, 0.3) is 5.57 Å². The standard InChI is InChI=1S/C25H36N2O6S2/c1-24(2,3)12-13-27-22(25(4,5)6)20(28)19(23(27)29)18-15-35(32,33)21-16(10-9-11-17(18)21)14-26(7)34(8,30)31/h9-11,15,19,22H,12-14H2,1-8H3/t19?,22-/m1/s1. The van der Waals surface area contributed by atoms with Gasteiger partial charge in [0.05, 0.1) is 17.2 Å². The Morgan fingerprint density at radius 1 is 1.06 bits per heavy atom. The second-order valence-corrected chi connectivity index (χ2v) is 15.7. The van der Waals surface area contributed by atoms with Crippen LogP contribution in [-0.2, 0) is 36.0 Å². The van der Waals surface area contributed by atoms with Crippen molar-refractivity contribution in [1.29, 1.82) is 0 Å². The molecule has 8 nitrogen and oxygen atoms in total. The molecule has 194 valence electrons. The Kier molecular flexibility index (Phi) is 6.94. The normalized spacial score (nSPS) is 22.7. The zero-order valence-corrected chi connectivity index (χ0v) is 23.4. The van der Waals surface area contributed by atoms with Crippen molar-refractivity contribution in [2.45, 2.75) is 65.4 Å². The highest BCUT2D eigenvalue weighted by atomic mass is 32.2. The smallest absolute Gasteiger partial charge is 0.238 e. The molecule has 1 saturated heterocycles. The van der Waals surface area contributed by atoms with Gasteiger partial charge in [-0.05, 0) is 34.0 Å². The van der Waals surface area contributed by atoms with Crippen molar-refractivity contribution in [2.75, 3.05) is 19.8 Å². The monoisotopic (exact) mass is 524 g/mol. The zero-order chi connectivity index (χ0) is 26.7. The zero-order valence-electron chi connectivity index (χ0n) is 21.7. The minimum Gasteiger partial charge on any atom is -0.331 e. The number of benzene rings is 1. The molecule has 35 heavy (non-hydrogen) atoms. The van der Waals surface area contributed by atoms with Crippen molar-refractivity contribution in [3.8, 4) is 0 Å². The molecule has 0 N–H and O–H groups in total. The fourth-order valence-electron chi connectivity index (χ4n) is 4.74. The third-order valence-corrected chi connectivity index (χ3v) is 9.44. The average Bonchev–Trinajstić information content (AvgIpc) is 3.08. The molecular weight excluding hydrogens is 488 g/mol. The molecule has 2 aliphatic rings. The summed E-state index contributed by atoms with van der Waals surface area (Å²) in [6.07, 6.45) is 1.74. The van der Waals surface area contributed by atoms with Crippen molar-refractivity contribution in [1.82, 2.24) is 9.21 Å². The molecule has 1 aromatic carbocycles. The van der Waals surface area contributed by atoms with Gasteiger partial charge in [0.25, 0.3) is 0 Å². The topological polar surface area (TPSA) is 109 Å². The van der Waals surface area contributed by atoms with Gasteiger partial charge in [0.15, 0.2) is 5.78 Å². The molecule has 3 rings (SSSR count). The second-order valence-electron chi connectivity index (χ2n) is 11.9. The minimum atomic E-state index is -3.97. The van der Waals surface area contributed by atoms with Crippen molar-refractivity contribution in [3.63, 3.8) is 0 Å². The van der Waals surface area contributed by atoms with Crippen LogP contribution in [0, 0.1) is 16.7 Å². The molecular formula is C25H36N2O6S2. The average molecular weight is 525 g/mol. The Morgan fingerprint density at radius 2 is 1.66 bits per heavy atom. The van der Waals surface area contributed by atoms with Crippen molar-refractivity contribution >= 4 is 37.1 Å². The highest BCUT2D eigenvalue weighted by Crippen LogP contribution is 2.46. The van der Waals surface area contributed by atoms with Crippen LogP contribution >= 0.6 is 0 Å². The predicted octanol–water partition coefficient (Wildman–Crippen LogP) is 3.08. The summed E-state index contributed by atoms with van der Waals surface area (Å²) in [6, 6.07) is 4.09. The third-order valence-electron chi connectivity index (χ3n) is 6.56. The van der Waals surface area contributed by atoms with Crippen molar-refractivity contribution in [2.24, 2.45) is 16.7 Å². The number of rotatable bonds is 6. The first-order valence-electron chi connectivity index (χ1n) is 11.6. The first-order valence-corrected chi connectivity index (χ1v) is 15.0. The number of sulfone groups is 1. The van der Waals surface area contributed by atoms with Gasteiger partial charge in [-0.2, -0.15) is 0 Å². The second kappa shape index (κ2) is 8.81. The molecule has 1 aromatic rings. The fraction of sp³-hybridized carbons (Fsp3) is 0.600. The molecule has 2 heterocycles. The number of fused-ring (bicyclic) bond motifs is 1. The molecule has 10 heteroatoms. The van der Waals surface area contributed by atoms with Gasteiger partial charge in [-0.1, -0.05) is 59.7 Å². The molecule has 0 aromatic heterocycles. The fourth-order valence-corrected chi connectivity index (χ4v) is 6.82. The largest absolute Gasteiger partial charge is 0.331 e. The van der Waals surface area contributed by atoms with Crippen LogP contribution in [0.3, 0.4) is 0 Å². The van der Waals surface area contributed by atoms with Crippen LogP contribution in [-0.4, -0.2) is 63.6 Å². The van der Waals surface area contributed by atoms with Gasteiger partial charge < -0.3 is 4.90 Å². The van der Waals surface area contributed by atoms with E-state index >= 15 is 0 Å². The Balaban J connectivity index is 2.09. The Hall–Kier alpha value is -2.04. The molecule has 1 fully saturated rings. The number of likely N-dealkylation sites (tertiary alicyclic amines) is 1. The van der Waals surface area contributed by atoms with Gasteiger partial charge in [0.1, 0.15) is 5.92 Å². The lowest BCUT2D eigenvalue weighted by Gasteiger charge is -2.35. The molecule has 2 aliphatic heterocycles. The highest BCUT2D eigenvalue weighted by Gasteiger charge is 2.54. The van der Waals surface area contributed by atoms with E-state index in [1.54, 1.807) is 23.1 Å². The summed E-state index contributed by atoms with van der Waals surface area (Å²) < 4.78 is 51.4. The number of Topliss-reactive ketones (excluding diaryl/α,β-unsaturated/α-hetero) is 1. The number of nitrogens with zero attached hydrogens (tertiary/aromatic N) is 2. The van der Waals surface area contributed by atoms with E-state index in [2.05, 4.69) is 20.8 Å². The summed E-state index contributed by atoms with van der Waals surface area (Å²) in [6.45, 7) is 12.2. The predicted molar refractivity (Wildman–Crippen MR) is 135 cm³/mol. The van der Waals surface area contributed by atoms with Gasteiger partial charge in [-0.15, -0.1) is 0 Å². The van der Waals surface area contributed by atoms with Crippen LogP contribution in [0.5, 0.6) is 0 Å². The maximum absolute atomic E-state index is 13.7. The lowest BCUT2D eigenvalue weighted by atomic mass is 9.80. The van der Waals surface area contributed by atoms with Crippen molar-refractivity contribution in [3.05, 3.63) is 34.7 Å². The molecule has 0 aliphatic carbocycles. The maximum atomic E-state index is 13.7. The van der Waals surface area contributed by atoms with Gasteiger partial charge in [0, 0.05) is 25.5 Å². The van der Waals surface area contributed by atoms with E-state index in [0.717, 1.165) is 16.0 Å². The number of ketones is 1. The first kappa shape index (κ1) is 27.5. The van der Waals surface area contributed by atoms with E-state index in [-0.39, 0.29) is 34.1 Å². The van der Waals surface area contributed by atoms with Crippen molar-refractivity contribution < 1.29 is 26.4 Å². The lowest BCUT2D eigenvalue weighted by molar-refractivity contribution is -0.132. The highest BCUT2D eigenvalue weighted by molar-refractivity contribution is 7.95.